The Bertz CT molecular complexity index is 514. The molecule has 0 saturated carbocycles. The van der Waals surface area contributed by atoms with Gasteiger partial charge in [-0.2, -0.15) is 5.10 Å². The van der Waals surface area contributed by atoms with Crippen molar-refractivity contribution >= 4 is 15.9 Å². The lowest BCUT2D eigenvalue weighted by molar-refractivity contribution is 0.424. The van der Waals surface area contributed by atoms with Gasteiger partial charge in [0.1, 0.15) is 12.7 Å². The minimum atomic E-state index is 0.122. The smallest absolute Gasteiger partial charge is 0.138 e. The number of hydrogen-bond donors (Lipinski definition) is 1. The average Bonchev–Trinajstić information content (AvgIpc) is 2.79. The topological polar surface area (TPSA) is 42.7 Å². The molecule has 0 aliphatic rings. The van der Waals surface area contributed by atoms with Gasteiger partial charge in [0.2, 0.25) is 0 Å². The normalized spacial score (nSPS) is 11.8. The molecule has 0 amide bonds. The van der Waals surface area contributed by atoms with Crippen molar-refractivity contribution < 1.29 is 0 Å². The van der Waals surface area contributed by atoms with Gasteiger partial charge in [-0.05, 0) is 54.4 Å². The summed E-state index contributed by atoms with van der Waals surface area (Å²) in [5.41, 5.74) is 2.35. The van der Waals surface area contributed by atoms with E-state index in [2.05, 4.69) is 64.2 Å². The fourth-order valence-corrected chi connectivity index (χ4v) is 2.15. The minimum Gasteiger partial charge on any atom is -0.308 e. The standard InChI is InChI=1S/C13H17BrN4/c1-13(2,3)16-7-10-4-5-12(11(14)6-10)18-9-15-8-17-18/h4-6,8-9,16H,7H2,1-3H3. The summed E-state index contributed by atoms with van der Waals surface area (Å²) in [6, 6.07) is 6.24. The molecule has 0 radical (unpaired) electrons. The van der Waals surface area contributed by atoms with E-state index in [-0.39, 0.29) is 5.54 Å². The molecule has 0 aliphatic heterocycles. The van der Waals surface area contributed by atoms with E-state index in [4.69, 9.17) is 0 Å². The van der Waals surface area contributed by atoms with Gasteiger partial charge < -0.3 is 5.32 Å². The van der Waals surface area contributed by atoms with Crippen LogP contribution in [-0.2, 0) is 6.54 Å². The zero-order valence-corrected chi connectivity index (χ0v) is 12.4. The Morgan fingerprint density at radius 2 is 2.11 bits per heavy atom. The van der Waals surface area contributed by atoms with Gasteiger partial charge in [-0.3, -0.25) is 0 Å². The predicted molar refractivity (Wildman–Crippen MR) is 75.7 cm³/mol. The van der Waals surface area contributed by atoms with Crippen LogP contribution in [0.25, 0.3) is 5.69 Å². The highest BCUT2D eigenvalue weighted by atomic mass is 79.9. The Balaban J connectivity index is 2.15. The third-order valence-electron chi connectivity index (χ3n) is 2.50. The lowest BCUT2D eigenvalue weighted by atomic mass is 10.1. The number of aromatic nitrogens is 3. The lowest BCUT2D eigenvalue weighted by Gasteiger charge is -2.20. The minimum absolute atomic E-state index is 0.122. The van der Waals surface area contributed by atoms with Crippen molar-refractivity contribution in [1.29, 1.82) is 0 Å². The molecule has 96 valence electrons. The summed E-state index contributed by atoms with van der Waals surface area (Å²) < 4.78 is 2.76. The van der Waals surface area contributed by atoms with Gasteiger partial charge in [-0.1, -0.05) is 6.07 Å². The first-order valence-electron chi connectivity index (χ1n) is 5.84. The maximum Gasteiger partial charge on any atom is 0.138 e. The van der Waals surface area contributed by atoms with Crippen LogP contribution >= 0.6 is 15.9 Å². The van der Waals surface area contributed by atoms with Gasteiger partial charge >= 0.3 is 0 Å². The molecule has 4 nitrogen and oxygen atoms in total. The highest BCUT2D eigenvalue weighted by Crippen LogP contribution is 2.21. The second-order valence-electron chi connectivity index (χ2n) is 5.23. The van der Waals surface area contributed by atoms with Crippen LogP contribution in [0.1, 0.15) is 26.3 Å². The van der Waals surface area contributed by atoms with E-state index in [0.29, 0.717) is 0 Å². The van der Waals surface area contributed by atoms with Crippen molar-refractivity contribution in [2.45, 2.75) is 32.9 Å². The van der Waals surface area contributed by atoms with Gasteiger partial charge in [0.25, 0.3) is 0 Å². The monoisotopic (exact) mass is 308 g/mol. The zero-order chi connectivity index (χ0) is 13.2. The molecule has 5 heteroatoms. The largest absolute Gasteiger partial charge is 0.308 e. The number of nitrogens with zero attached hydrogens (tertiary/aromatic N) is 3. The molecule has 0 spiro atoms. The molecule has 0 bridgehead atoms. The Morgan fingerprint density at radius 3 is 2.67 bits per heavy atom. The van der Waals surface area contributed by atoms with Crippen molar-refractivity contribution in [1.82, 2.24) is 20.1 Å². The summed E-state index contributed by atoms with van der Waals surface area (Å²) >= 11 is 3.57. The van der Waals surface area contributed by atoms with Crippen molar-refractivity contribution in [3.05, 3.63) is 40.9 Å². The van der Waals surface area contributed by atoms with Gasteiger partial charge in [0.05, 0.1) is 5.69 Å². The quantitative estimate of drug-likeness (QED) is 0.948. The zero-order valence-electron chi connectivity index (χ0n) is 10.8. The molecule has 18 heavy (non-hydrogen) atoms. The van der Waals surface area contributed by atoms with E-state index in [1.54, 1.807) is 11.0 Å². The van der Waals surface area contributed by atoms with E-state index in [1.165, 1.54) is 11.9 Å². The molecule has 2 aromatic rings. The third-order valence-corrected chi connectivity index (χ3v) is 3.14. The van der Waals surface area contributed by atoms with E-state index >= 15 is 0 Å². The summed E-state index contributed by atoms with van der Waals surface area (Å²) in [6.07, 6.45) is 3.22. The SMILES string of the molecule is CC(C)(C)NCc1ccc(-n2cncn2)c(Br)c1. The lowest BCUT2D eigenvalue weighted by Crippen LogP contribution is -2.35. The first-order chi connectivity index (χ1) is 8.46. The molecule has 1 heterocycles. The number of nitrogens with one attached hydrogen (secondary N) is 1. The van der Waals surface area contributed by atoms with Crippen LogP contribution in [0.4, 0.5) is 0 Å². The summed E-state index contributed by atoms with van der Waals surface area (Å²) in [7, 11) is 0. The molecule has 0 saturated heterocycles. The van der Waals surface area contributed by atoms with Crippen LogP contribution in [0.5, 0.6) is 0 Å². The van der Waals surface area contributed by atoms with Gasteiger partial charge in [0, 0.05) is 16.6 Å². The Kier molecular flexibility index (Phi) is 3.82. The first-order valence-corrected chi connectivity index (χ1v) is 6.63. The summed E-state index contributed by atoms with van der Waals surface area (Å²) in [5.74, 6) is 0. The Labute approximate surface area is 116 Å². The van der Waals surface area contributed by atoms with E-state index in [0.717, 1.165) is 16.7 Å². The number of halogens is 1. The van der Waals surface area contributed by atoms with Gasteiger partial charge in [-0.15, -0.1) is 0 Å². The number of hydrogen-bond acceptors (Lipinski definition) is 3. The fourth-order valence-electron chi connectivity index (χ4n) is 1.55. The highest BCUT2D eigenvalue weighted by Gasteiger charge is 2.09. The molecule has 1 aromatic heterocycles. The molecule has 0 unspecified atom stereocenters. The fraction of sp³-hybridized carbons (Fsp3) is 0.385. The molecular weight excluding hydrogens is 292 g/mol. The van der Waals surface area contributed by atoms with Crippen LogP contribution in [-0.4, -0.2) is 20.3 Å². The maximum absolute atomic E-state index is 4.12. The Hall–Kier alpha value is -1.20. The van der Waals surface area contributed by atoms with Gasteiger partial charge in [0.15, 0.2) is 0 Å². The van der Waals surface area contributed by atoms with Gasteiger partial charge in [-0.25, -0.2) is 9.67 Å². The second-order valence-corrected chi connectivity index (χ2v) is 6.08. The molecule has 0 aliphatic carbocycles. The molecule has 2 rings (SSSR count). The van der Waals surface area contributed by atoms with E-state index in [1.807, 2.05) is 6.07 Å². The van der Waals surface area contributed by atoms with Crippen LogP contribution in [0.3, 0.4) is 0 Å². The van der Waals surface area contributed by atoms with Crippen molar-refractivity contribution in [2.24, 2.45) is 0 Å². The molecule has 1 N–H and O–H groups in total. The van der Waals surface area contributed by atoms with Crippen LogP contribution < -0.4 is 5.32 Å². The third kappa shape index (κ3) is 3.40. The molecule has 1 aromatic carbocycles. The summed E-state index contributed by atoms with van der Waals surface area (Å²) in [6.45, 7) is 7.32. The van der Waals surface area contributed by atoms with E-state index in [9.17, 15) is 0 Å². The van der Waals surface area contributed by atoms with Crippen molar-refractivity contribution in [3.8, 4) is 5.69 Å². The predicted octanol–water partition coefficient (Wildman–Crippen LogP) is 2.92. The maximum atomic E-state index is 4.12. The van der Waals surface area contributed by atoms with Crippen molar-refractivity contribution in [2.75, 3.05) is 0 Å². The van der Waals surface area contributed by atoms with Crippen LogP contribution in [0.15, 0.2) is 35.3 Å². The first kappa shape index (κ1) is 13.2. The number of benzene rings is 1. The Morgan fingerprint density at radius 1 is 1.33 bits per heavy atom. The summed E-state index contributed by atoms with van der Waals surface area (Å²) in [5, 5.41) is 7.59. The van der Waals surface area contributed by atoms with E-state index < -0.39 is 0 Å². The number of rotatable bonds is 3. The van der Waals surface area contributed by atoms with Crippen LogP contribution in [0, 0.1) is 0 Å². The average molecular weight is 309 g/mol. The van der Waals surface area contributed by atoms with Crippen LogP contribution in [0.2, 0.25) is 0 Å². The molecule has 0 fully saturated rings. The highest BCUT2D eigenvalue weighted by molar-refractivity contribution is 9.10. The second kappa shape index (κ2) is 5.20. The summed E-state index contributed by atoms with van der Waals surface area (Å²) in [4.78, 5) is 3.95. The molecular formula is C13H17BrN4. The molecule has 0 atom stereocenters. The van der Waals surface area contributed by atoms with Crippen molar-refractivity contribution in [3.63, 3.8) is 0 Å².